The molecular formula is C28H29ClN6O4. The number of hydrogen-bond acceptors (Lipinski definition) is 7. The molecule has 4 aromatic rings. The summed E-state index contributed by atoms with van der Waals surface area (Å²) in [5.41, 5.74) is 2.44. The van der Waals surface area contributed by atoms with Crippen LogP contribution in [0.3, 0.4) is 0 Å². The molecule has 0 spiro atoms. The van der Waals surface area contributed by atoms with Crippen molar-refractivity contribution in [2.45, 2.75) is 45.0 Å². The Balaban J connectivity index is 1.42. The van der Waals surface area contributed by atoms with Crippen molar-refractivity contribution in [2.75, 3.05) is 13.2 Å². The van der Waals surface area contributed by atoms with Crippen molar-refractivity contribution in [3.05, 3.63) is 88.8 Å². The third kappa shape index (κ3) is 6.71. The normalized spacial score (nSPS) is 15.7. The Bertz CT molecular complexity index is 1380. The fourth-order valence-electron chi connectivity index (χ4n) is 4.47. The number of ether oxygens (including phenoxy) is 1. The van der Waals surface area contributed by atoms with Gasteiger partial charge in [-0.25, -0.2) is 0 Å². The molecule has 202 valence electrons. The van der Waals surface area contributed by atoms with Gasteiger partial charge < -0.3 is 19.4 Å². The number of rotatable bonds is 10. The lowest BCUT2D eigenvalue weighted by atomic mass is 10.0. The molecular weight excluding hydrogens is 520 g/mol. The molecule has 39 heavy (non-hydrogen) atoms. The van der Waals surface area contributed by atoms with Crippen molar-refractivity contribution in [3.63, 3.8) is 0 Å². The Morgan fingerprint density at radius 1 is 1.15 bits per heavy atom. The van der Waals surface area contributed by atoms with Crippen LogP contribution in [0.1, 0.15) is 35.8 Å². The summed E-state index contributed by atoms with van der Waals surface area (Å²) < 4.78 is 11.2. The smallest absolute Gasteiger partial charge is 0.247 e. The van der Waals surface area contributed by atoms with Crippen molar-refractivity contribution in [2.24, 2.45) is 0 Å². The van der Waals surface area contributed by atoms with Crippen LogP contribution in [0.2, 0.25) is 5.02 Å². The van der Waals surface area contributed by atoms with Gasteiger partial charge in [0.15, 0.2) is 0 Å². The SMILES string of the molecule is Cc1ccc([C@H](C(=O)NC[C@H]2CCCO2)N(Cc2ccco2)C(=O)Cn2nnc(-c3ccc(Cl)cc3)n2)cc1. The van der Waals surface area contributed by atoms with Crippen LogP contribution in [0.25, 0.3) is 11.4 Å². The largest absolute Gasteiger partial charge is 0.467 e. The van der Waals surface area contributed by atoms with Crippen molar-refractivity contribution in [3.8, 4) is 11.4 Å². The Hall–Kier alpha value is -4.02. The number of carbonyl (C=O) groups is 2. The number of halogens is 1. The molecule has 2 aromatic heterocycles. The minimum Gasteiger partial charge on any atom is -0.467 e. The number of amides is 2. The van der Waals surface area contributed by atoms with E-state index in [2.05, 4.69) is 20.7 Å². The Morgan fingerprint density at radius 2 is 1.95 bits per heavy atom. The molecule has 0 aliphatic carbocycles. The number of nitrogens with zero attached hydrogens (tertiary/aromatic N) is 5. The fourth-order valence-corrected chi connectivity index (χ4v) is 4.59. The van der Waals surface area contributed by atoms with Crippen LogP contribution in [-0.4, -0.2) is 56.2 Å². The van der Waals surface area contributed by atoms with Crippen LogP contribution < -0.4 is 5.32 Å². The number of aromatic nitrogens is 4. The van der Waals surface area contributed by atoms with E-state index < -0.39 is 6.04 Å². The summed E-state index contributed by atoms with van der Waals surface area (Å²) in [6, 6.07) is 17.2. The number of carbonyl (C=O) groups excluding carboxylic acids is 2. The second kappa shape index (κ2) is 12.2. The van der Waals surface area contributed by atoms with E-state index in [1.807, 2.05) is 31.2 Å². The van der Waals surface area contributed by atoms with Crippen molar-refractivity contribution >= 4 is 23.4 Å². The average molecular weight is 549 g/mol. The maximum absolute atomic E-state index is 13.8. The second-order valence-electron chi connectivity index (χ2n) is 9.44. The van der Waals surface area contributed by atoms with Gasteiger partial charge in [-0.3, -0.25) is 9.59 Å². The Morgan fingerprint density at radius 3 is 2.64 bits per heavy atom. The molecule has 1 aliphatic rings. The fraction of sp³-hybridized carbons (Fsp3) is 0.321. The monoisotopic (exact) mass is 548 g/mol. The van der Waals surface area contributed by atoms with Crippen molar-refractivity contribution in [1.29, 1.82) is 0 Å². The number of furan rings is 1. The molecule has 0 radical (unpaired) electrons. The first-order valence-electron chi connectivity index (χ1n) is 12.8. The first-order valence-corrected chi connectivity index (χ1v) is 13.2. The minimum atomic E-state index is -0.913. The summed E-state index contributed by atoms with van der Waals surface area (Å²) in [4.78, 5) is 30.2. The summed E-state index contributed by atoms with van der Waals surface area (Å²) in [5, 5.41) is 16.1. The van der Waals surface area contributed by atoms with Crippen LogP contribution in [0.5, 0.6) is 0 Å². The highest BCUT2D eigenvalue weighted by molar-refractivity contribution is 6.30. The van der Waals surface area contributed by atoms with Gasteiger partial charge in [0.1, 0.15) is 18.3 Å². The first kappa shape index (κ1) is 26.6. The zero-order valence-corrected chi connectivity index (χ0v) is 22.3. The van der Waals surface area contributed by atoms with Crippen LogP contribution in [0, 0.1) is 6.92 Å². The van der Waals surface area contributed by atoms with Gasteiger partial charge in [0, 0.05) is 23.7 Å². The van der Waals surface area contributed by atoms with E-state index in [0.29, 0.717) is 35.3 Å². The molecule has 0 bridgehead atoms. The number of aryl methyl sites for hydroxylation is 1. The lowest BCUT2D eigenvalue weighted by Crippen LogP contribution is -2.46. The molecule has 2 aromatic carbocycles. The molecule has 1 fully saturated rings. The molecule has 2 amide bonds. The van der Waals surface area contributed by atoms with E-state index in [1.165, 1.54) is 16.0 Å². The van der Waals surface area contributed by atoms with Crippen molar-refractivity contribution in [1.82, 2.24) is 30.4 Å². The van der Waals surface area contributed by atoms with Gasteiger partial charge in [-0.05, 0) is 66.9 Å². The van der Waals surface area contributed by atoms with E-state index >= 15 is 0 Å². The summed E-state index contributed by atoms with van der Waals surface area (Å²) in [5.74, 6) is 0.231. The molecule has 11 heteroatoms. The highest BCUT2D eigenvalue weighted by Crippen LogP contribution is 2.26. The van der Waals surface area contributed by atoms with Gasteiger partial charge in [-0.1, -0.05) is 41.4 Å². The van der Waals surface area contributed by atoms with E-state index in [9.17, 15) is 9.59 Å². The quantitative estimate of drug-likeness (QED) is 0.319. The van der Waals surface area contributed by atoms with E-state index in [1.54, 1.807) is 36.4 Å². The van der Waals surface area contributed by atoms with Gasteiger partial charge in [0.05, 0.1) is 18.9 Å². The minimum absolute atomic E-state index is 0.0347. The maximum Gasteiger partial charge on any atom is 0.247 e. The second-order valence-corrected chi connectivity index (χ2v) is 9.88. The molecule has 3 heterocycles. The predicted octanol–water partition coefficient (Wildman–Crippen LogP) is 3.96. The average Bonchev–Trinajstić information content (AvgIpc) is 3.72. The first-order chi connectivity index (χ1) is 19.0. The highest BCUT2D eigenvalue weighted by atomic mass is 35.5. The predicted molar refractivity (Wildman–Crippen MR) is 143 cm³/mol. The topological polar surface area (TPSA) is 115 Å². The van der Waals surface area contributed by atoms with Crippen molar-refractivity contribution < 1.29 is 18.7 Å². The third-order valence-electron chi connectivity index (χ3n) is 6.54. The molecule has 2 atom stereocenters. The number of benzene rings is 2. The number of tetrazole rings is 1. The molecule has 5 rings (SSSR count). The number of nitrogens with one attached hydrogen (secondary N) is 1. The van der Waals surface area contributed by atoms with Gasteiger partial charge >= 0.3 is 0 Å². The molecule has 10 nitrogen and oxygen atoms in total. The molecule has 0 unspecified atom stereocenters. The van der Waals surface area contributed by atoms with E-state index in [4.69, 9.17) is 20.8 Å². The molecule has 1 saturated heterocycles. The van der Waals surface area contributed by atoms with Crippen LogP contribution in [0.15, 0.2) is 71.3 Å². The summed E-state index contributed by atoms with van der Waals surface area (Å²) >= 11 is 5.98. The number of hydrogen-bond donors (Lipinski definition) is 1. The Labute approximate surface area is 230 Å². The summed E-state index contributed by atoms with van der Waals surface area (Å²) in [6.07, 6.45) is 3.35. The zero-order valence-electron chi connectivity index (χ0n) is 21.5. The molecule has 1 N–H and O–H groups in total. The van der Waals surface area contributed by atoms with Gasteiger partial charge in [-0.15, -0.1) is 10.2 Å². The highest BCUT2D eigenvalue weighted by Gasteiger charge is 2.33. The maximum atomic E-state index is 13.8. The lowest BCUT2D eigenvalue weighted by Gasteiger charge is -2.31. The molecule has 1 aliphatic heterocycles. The van der Waals surface area contributed by atoms with Gasteiger partial charge in [0.25, 0.3) is 0 Å². The summed E-state index contributed by atoms with van der Waals surface area (Å²) in [7, 11) is 0. The van der Waals surface area contributed by atoms with Crippen LogP contribution in [-0.2, 0) is 27.4 Å². The summed E-state index contributed by atoms with van der Waals surface area (Å²) in [6.45, 7) is 2.89. The third-order valence-corrected chi connectivity index (χ3v) is 6.79. The zero-order chi connectivity index (χ0) is 27.2. The van der Waals surface area contributed by atoms with Crippen LogP contribution in [0.4, 0.5) is 0 Å². The lowest BCUT2D eigenvalue weighted by molar-refractivity contribution is -0.142. The van der Waals surface area contributed by atoms with Gasteiger partial charge in [0.2, 0.25) is 17.6 Å². The van der Waals surface area contributed by atoms with Gasteiger partial charge in [-0.2, -0.15) is 4.80 Å². The standard InChI is InChI=1S/C28H29ClN6O4/c1-19-6-8-20(9-7-19)26(28(37)30-16-23-4-2-14-38-23)34(17-24-5-3-15-39-24)25(36)18-35-32-27(31-33-35)21-10-12-22(29)13-11-21/h3,5-13,15,23,26H,2,4,14,16-18H2,1H3,(H,30,37)/t23-,26-/m1/s1. The Kier molecular flexibility index (Phi) is 8.33. The van der Waals surface area contributed by atoms with E-state index in [0.717, 1.165) is 24.0 Å². The van der Waals surface area contributed by atoms with E-state index in [-0.39, 0.29) is 31.0 Å². The van der Waals surface area contributed by atoms with Crippen LogP contribution >= 0.6 is 11.6 Å². The molecule has 0 saturated carbocycles.